The molecular weight excluding hydrogens is 647 g/mol. The maximum absolute atomic E-state index is 9.25. The van der Waals surface area contributed by atoms with E-state index in [9.17, 15) is 5.26 Å². The van der Waals surface area contributed by atoms with Crippen LogP contribution in [0.4, 0.5) is 5.82 Å². The first kappa shape index (κ1) is 37.7. The van der Waals surface area contributed by atoms with Crippen LogP contribution in [0.2, 0.25) is 0 Å². The number of anilines is 1. The monoisotopic (exact) mass is 695 g/mol. The zero-order valence-corrected chi connectivity index (χ0v) is 30.8. The molecule has 11 nitrogen and oxygen atoms in total. The molecule has 0 saturated carbocycles. The minimum atomic E-state index is 0.135. The van der Waals surface area contributed by atoms with Gasteiger partial charge in [-0.1, -0.05) is 70.2 Å². The van der Waals surface area contributed by atoms with Gasteiger partial charge in [0.2, 0.25) is 5.84 Å². The Bertz CT molecular complexity index is 2020. The molecule has 3 aromatic heterocycles. The number of nitriles is 1. The summed E-state index contributed by atoms with van der Waals surface area (Å²) in [7, 11) is 0. The Morgan fingerprint density at radius 3 is 2.29 bits per heavy atom. The predicted octanol–water partition coefficient (Wildman–Crippen LogP) is 7.68. The second-order valence-corrected chi connectivity index (χ2v) is 12.5. The average molecular weight is 696 g/mol. The minimum absolute atomic E-state index is 0.135. The van der Waals surface area contributed by atoms with E-state index in [4.69, 9.17) is 15.7 Å². The van der Waals surface area contributed by atoms with Crippen molar-refractivity contribution < 1.29 is 0 Å². The summed E-state index contributed by atoms with van der Waals surface area (Å²) in [5, 5.41) is 9.25. The van der Waals surface area contributed by atoms with Crippen molar-refractivity contribution in [1.29, 1.82) is 5.26 Å². The van der Waals surface area contributed by atoms with Crippen molar-refractivity contribution in [1.82, 2.24) is 29.3 Å². The number of fused-ring (bicyclic) bond motifs is 1. The molecule has 0 aliphatic carbocycles. The fourth-order valence-corrected chi connectivity index (χ4v) is 6.88. The zero-order valence-electron chi connectivity index (χ0n) is 30.8. The van der Waals surface area contributed by atoms with Crippen molar-refractivity contribution in [3.63, 3.8) is 0 Å². The van der Waals surface area contributed by atoms with Crippen LogP contribution >= 0.6 is 0 Å². The van der Waals surface area contributed by atoms with Gasteiger partial charge in [-0.25, -0.2) is 24.9 Å². The van der Waals surface area contributed by atoms with Crippen molar-refractivity contribution in [3.05, 3.63) is 90.6 Å². The molecule has 2 N–H and O–H groups in total. The molecule has 0 radical (unpaired) electrons. The van der Waals surface area contributed by atoms with E-state index < -0.39 is 0 Å². The van der Waals surface area contributed by atoms with Gasteiger partial charge in [0.1, 0.15) is 23.7 Å². The third-order valence-corrected chi connectivity index (χ3v) is 9.47. The van der Waals surface area contributed by atoms with Gasteiger partial charge in [-0.05, 0) is 86.4 Å². The summed E-state index contributed by atoms with van der Waals surface area (Å²) in [6.07, 6.45) is 6.42. The highest BCUT2D eigenvalue weighted by atomic mass is 15.2. The van der Waals surface area contributed by atoms with Crippen molar-refractivity contribution in [2.24, 2.45) is 20.4 Å². The van der Waals surface area contributed by atoms with Gasteiger partial charge < -0.3 is 5.73 Å². The topological polar surface area (TPSA) is 137 Å². The summed E-state index contributed by atoms with van der Waals surface area (Å²) in [5.74, 6) is 1.28. The van der Waals surface area contributed by atoms with Gasteiger partial charge in [0, 0.05) is 37.1 Å². The van der Waals surface area contributed by atoms with E-state index >= 15 is 0 Å². The molecule has 2 aromatic carbocycles. The van der Waals surface area contributed by atoms with Crippen LogP contribution in [-0.4, -0.2) is 81.1 Å². The first-order valence-corrected chi connectivity index (χ1v) is 18.2. The number of piperidine rings is 1. The molecule has 11 heteroatoms. The van der Waals surface area contributed by atoms with Crippen LogP contribution in [0.3, 0.4) is 0 Å². The molecule has 0 bridgehead atoms. The summed E-state index contributed by atoms with van der Waals surface area (Å²) < 4.78 is 2.09. The lowest BCUT2D eigenvalue weighted by Crippen LogP contribution is -2.41. The van der Waals surface area contributed by atoms with Crippen molar-refractivity contribution >= 4 is 35.9 Å². The average Bonchev–Trinajstić information content (AvgIpc) is 3.79. The minimum Gasteiger partial charge on any atom is -0.383 e. The Hall–Kier alpha value is -5.57. The van der Waals surface area contributed by atoms with Crippen molar-refractivity contribution in [2.75, 3.05) is 38.6 Å². The van der Waals surface area contributed by atoms with Gasteiger partial charge in [0.15, 0.2) is 11.5 Å². The number of rotatable bonds is 8. The van der Waals surface area contributed by atoms with E-state index in [1.807, 2.05) is 76.2 Å². The molecule has 2 aliphatic rings. The summed E-state index contributed by atoms with van der Waals surface area (Å²) in [4.78, 5) is 31.1. The molecule has 268 valence electrons. The number of pyridine rings is 2. The number of nitrogens with two attached hydrogens (primary N) is 1. The largest absolute Gasteiger partial charge is 0.383 e. The number of amidine groups is 1. The number of hydrogen-bond donors (Lipinski definition) is 1. The van der Waals surface area contributed by atoms with Crippen molar-refractivity contribution in [2.45, 2.75) is 53.5 Å². The Morgan fingerprint density at radius 1 is 0.904 bits per heavy atom. The molecule has 0 unspecified atom stereocenters. The standard InChI is InChI=1S/C37H37N11.2C2H6/c1-40-25-42-33(22-38)43-26-47-21-17-37(24-47)15-19-46(20-16-37)23-27-9-11-29(12-10-27)48-35(30-8-5-18-41-34(30)39)45-32-14-13-31(44-36(32)48)28-6-3-2-4-7-28;2*1-2/h2-14,18,25H,1,15-17,19-21,23-24,26H2,(H2,39,41);2*1-2H3/b42-25?,43-33-;;. The molecule has 0 atom stereocenters. The number of nitrogens with zero attached hydrogens (tertiary/aromatic N) is 10. The third-order valence-electron chi connectivity index (χ3n) is 9.47. The highest BCUT2D eigenvalue weighted by Crippen LogP contribution is 2.40. The summed E-state index contributed by atoms with van der Waals surface area (Å²) in [6.45, 7) is 16.8. The number of imidazole rings is 1. The van der Waals surface area contributed by atoms with E-state index in [0.717, 1.165) is 85.7 Å². The molecular formula is C41H49N11. The van der Waals surface area contributed by atoms with Gasteiger partial charge in [0.05, 0.1) is 17.9 Å². The lowest BCUT2D eigenvalue weighted by molar-refractivity contribution is 0.103. The third kappa shape index (κ3) is 8.65. The van der Waals surface area contributed by atoms with Gasteiger partial charge in [-0.2, -0.15) is 5.26 Å². The van der Waals surface area contributed by atoms with E-state index in [2.05, 4.69) is 77.4 Å². The molecule has 0 amide bonds. The van der Waals surface area contributed by atoms with E-state index in [0.29, 0.717) is 23.7 Å². The maximum Gasteiger partial charge on any atom is 0.230 e. The second-order valence-electron chi connectivity index (χ2n) is 12.5. The summed E-state index contributed by atoms with van der Waals surface area (Å²) >= 11 is 0. The van der Waals surface area contributed by atoms with Gasteiger partial charge >= 0.3 is 0 Å². The normalized spacial score (nSPS) is 15.9. The highest BCUT2D eigenvalue weighted by Gasteiger charge is 2.40. The van der Waals surface area contributed by atoms with Crippen LogP contribution in [-0.2, 0) is 6.54 Å². The summed E-state index contributed by atoms with van der Waals surface area (Å²) in [6, 6.07) is 28.8. The molecule has 2 saturated heterocycles. The van der Waals surface area contributed by atoms with E-state index in [1.165, 1.54) is 11.9 Å². The van der Waals surface area contributed by atoms with Crippen LogP contribution in [0, 0.1) is 16.7 Å². The molecule has 1 spiro atoms. The Balaban J connectivity index is 0.00000126. The lowest BCUT2D eigenvalue weighted by Gasteiger charge is -2.39. The molecule has 2 aliphatic heterocycles. The lowest BCUT2D eigenvalue weighted by atomic mass is 9.77. The first-order valence-electron chi connectivity index (χ1n) is 18.2. The number of aromatic nitrogens is 4. The van der Waals surface area contributed by atoms with Crippen LogP contribution in [0.1, 0.15) is 52.5 Å². The Kier molecular flexibility index (Phi) is 13.1. The number of benzene rings is 2. The Labute approximate surface area is 307 Å². The number of hydrogen-bond acceptors (Lipinski definition) is 8. The molecule has 2 fully saturated rings. The van der Waals surface area contributed by atoms with Crippen LogP contribution in [0.15, 0.2) is 100 Å². The smallest absolute Gasteiger partial charge is 0.230 e. The van der Waals surface area contributed by atoms with Gasteiger partial charge in [-0.3, -0.25) is 19.4 Å². The molecule has 5 aromatic rings. The molecule has 5 heterocycles. The first-order chi connectivity index (χ1) is 25.5. The second kappa shape index (κ2) is 18.1. The fraction of sp³-hybridized carbons (Fsp3) is 0.341. The number of nitrogen functional groups attached to an aromatic ring is 1. The molecule has 52 heavy (non-hydrogen) atoms. The zero-order chi connectivity index (χ0) is 36.9. The van der Waals surface area contributed by atoms with E-state index in [-0.39, 0.29) is 5.84 Å². The SMILES string of the molecule is C=NC=N/C(C#N)=N\CN1CCC2(CCN(Cc3ccc(-n4c(-c5cccnc5N)nc5ccc(-c6ccccc6)nc54)cc3)CC2)C1.CC.CC. The fourth-order valence-electron chi connectivity index (χ4n) is 6.88. The van der Waals surface area contributed by atoms with Crippen LogP contribution in [0.5, 0.6) is 0 Å². The van der Waals surface area contributed by atoms with E-state index in [1.54, 1.807) is 6.20 Å². The van der Waals surface area contributed by atoms with Crippen molar-refractivity contribution in [3.8, 4) is 34.4 Å². The number of aliphatic imine (C=N–C) groups is 3. The number of likely N-dealkylation sites (tertiary alicyclic amines) is 2. The molecule has 7 rings (SSSR count). The van der Waals surface area contributed by atoms with Gasteiger partial charge in [-0.15, -0.1) is 0 Å². The van der Waals surface area contributed by atoms with Crippen LogP contribution in [0.25, 0.3) is 39.5 Å². The van der Waals surface area contributed by atoms with Gasteiger partial charge in [0.25, 0.3) is 0 Å². The summed E-state index contributed by atoms with van der Waals surface area (Å²) in [5.41, 5.74) is 13.2. The highest BCUT2D eigenvalue weighted by molar-refractivity contribution is 6.01. The quantitative estimate of drug-likeness (QED) is 0.130. The maximum atomic E-state index is 9.25. The van der Waals surface area contributed by atoms with Crippen LogP contribution < -0.4 is 5.73 Å². The Morgan fingerprint density at radius 2 is 1.62 bits per heavy atom. The predicted molar refractivity (Wildman–Crippen MR) is 214 cm³/mol.